The van der Waals surface area contributed by atoms with Crippen molar-refractivity contribution in [3.63, 3.8) is 0 Å². The second kappa shape index (κ2) is 3.94. The Labute approximate surface area is 70.0 Å². The van der Waals surface area contributed by atoms with E-state index in [1.807, 2.05) is 0 Å². The van der Waals surface area contributed by atoms with Gasteiger partial charge in [0.1, 0.15) is 5.69 Å². The predicted octanol–water partition coefficient (Wildman–Crippen LogP) is -0.416. The molecule has 64 valence electrons. The van der Waals surface area contributed by atoms with Gasteiger partial charge in [-0.2, -0.15) is 0 Å². The van der Waals surface area contributed by atoms with Gasteiger partial charge in [0.05, 0.1) is 12.6 Å². The molecular formula is C8H10N2O2. The number of Topliss-reactive ketones (excluding diaryl/α,β-unsaturated/α-hetero) is 1. The minimum absolute atomic E-state index is 0.291. The predicted molar refractivity (Wildman–Crippen MR) is 43.6 cm³/mol. The minimum atomic E-state index is -0.861. The second-order valence-corrected chi connectivity index (χ2v) is 2.37. The fraction of sp³-hybridized carbons (Fsp3) is 0.250. The van der Waals surface area contributed by atoms with Crippen molar-refractivity contribution in [2.75, 3.05) is 6.61 Å². The zero-order chi connectivity index (χ0) is 8.97. The van der Waals surface area contributed by atoms with Gasteiger partial charge in [0, 0.05) is 6.20 Å². The van der Waals surface area contributed by atoms with Crippen LogP contribution in [0.4, 0.5) is 0 Å². The van der Waals surface area contributed by atoms with Crippen molar-refractivity contribution < 1.29 is 9.90 Å². The maximum atomic E-state index is 11.2. The maximum absolute atomic E-state index is 11.2. The summed E-state index contributed by atoms with van der Waals surface area (Å²) >= 11 is 0. The number of carbonyl (C=O) groups excluding carboxylic acids is 1. The number of aliphatic hydroxyl groups is 1. The van der Waals surface area contributed by atoms with E-state index in [0.717, 1.165) is 0 Å². The van der Waals surface area contributed by atoms with Crippen LogP contribution in [0.15, 0.2) is 24.4 Å². The van der Waals surface area contributed by atoms with E-state index in [2.05, 4.69) is 4.98 Å². The molecule has 1 aromatic heterocycles. The van der Waals surface area contributed by atoms with Gasteiger partial charge in [0.25, 0.3) is 0 Å². The van der Waals surface area contributed by atoms with Crippen LogP contribution in [-0.4, -0.2) is 28.5 Å². The van der Waals surface area contributed by atoms with E-state index in [1.165, 1.54) is 6.20 Å². The van der Waals surface area contributed by atoms with Crippen molar-refractivity contribution in [2.45, 2.75) is 6.04 Å². The standard InChI is InChI=1S/C8H10N2O2/c9-6(5-11)8(12)7-3-1-2-4-10-7/h1-4,6,11H,5,9H2/t6-/m0/s1. The van der Waals surface area contributed by atoms with Gasteiger partial charge in [-0.3, -0.25) is 9.78 Å². The third kappa shape index (κ3) is 1.87. The molecule has 0 radical (unpaired) electrons. The Morgan fingerprint density at radius 3 is 2.92 bits per heavy atom. The molecular weight excluding hydrogens is 156 g/mol. The van der Waals surface area contributed by atoms with Crippen molar-refractivity contribution in [3.8, 4) is 0 Å². The quantitative estimate of drug-likeness (QED) is 0.598. The molecule has 3 N–H and O–H groups in total. The molecule has 0 aromatic carbocycles. The van der Waals surface area contributed by atoms with Crippen molar-refractivity contribution >= 4 is 5.78 Å². The van der Waals surface area contributed by atoms with Crippen LogP contribution in [0, 0.1) is 0 Å². The number of pyridine rings is 1. The van der Waals surface area contributed by atoms with E-state index >= 15 is 0 Å². The van der Waals surface area contributed by atoms with Gasteiger partial charge in [-0.15, -0.1) is 0 Å². The summed E-state index contributed by atoms with van der Waals surface area (Å²) in [6, 6.07) is 4.11. The van der Waals surface area contributed by atoms with Gasteiger partial charge in [-0.25, -0.2) is 0 Å². The smallest absolute Gasteiger partial charge is 0.200 e. The molecule has 12 heavy (non-hydrogen) atoms. The van der Waals surface area contributed by atoms with Gasteiger partial charge in [-0.1, -0.05) is 6.07 Å². The average Bonchev–Trinajstić information content (AvgIpc) is 2.17. The lowest BCUT2D eigenvalue weighted by Crippen LogP contribution is -2.34. The monoisotopic (exact) mass is 166 g/mol. The fourth-order valence-electron chi connectivity index (χ4n) is 0.781. The zero-order valence-electron chi connectivity index (χ0n) is 6.47. The Kier molecular flexibility index (Phi) is 2.90. The zero-order valence-corrected chi connectivity index (χ0v) is 6.47. The van der Waals surface area contributed by atoms with Crippen LogP contribution < -0.4 is 5.73 Å². The highest BCUT2D eigenvalue weighted by atomic mass is 16.3. The van der Waals surface area contributed by atoms with E-state index in [4.69, 9.17) is 10.8 Å². The molecule has 0 fully saturated rings. The van der Waals surface area contributed by atoms with Crippen LogP contribution in [0.5, 0.6) is 0 Å². The summed E-state index contributed by atoms with van der Waals surface area (Å²) in [7, 11) is 0. The van der Waals surface area contributed by atoms with Gasteiger partial charge < -0.3 is 10.8 Å². The van der Waals surface area contributed by atoms with Crippen LogP contribution >= 0.6 is 0 Å². The first-order valence-electron chi connectivity index (χ1n) is 3.57. The summed E-state index contributed by atoms with van der Waals surface area (Å²) in [6.07, 6.45) is 1.51. The van der Waals surface area contributed by atoms with Gasteiger partial charge in [-0.05, 0) is 12.1 Å². The molecule has 1 rings (SSSR count). The fourth-order valence-corrected chi connectivity index (χ4v) is 0.781. The largest absolute Gasteiger partial charge is 0.394 e. The van der Waals surface area contributed by atoms with E-state index in [-0.39, 0.29) is 12.4 Å². The second-order valence-electron chi connectivity index (χ2n) is 2.37. The van der Waals surface area contributed by atoms with Crippen LogP contribution in [0.1, 0.15) is 10.5 Å². The summed E-state index contributed by atoms with van der Waals surface area (Å²) in [4.78, 5) is 15.0. The van der Waals surface area contributed by atoms with Gasteiger partial charge in [0.15, 0.2) is 5.78 Å². The van der Waals surface area contributed by atoms with E-state index < -0.39 is 6.04 Å². The number of nitrogens with two attached hydrogens (primary N) is 1. The van der Waals surface area contributed by atoms with Crippen LogP contribution in [-0.2, 0) is 0 Å². The molecule has 0 aliphatic heterocycles. The van der Waals surface area contributed by atoms with Crippen LogP contribution in [0.25, 0.3) is 0 Å². The normalized spacial score (nSPS) is 12.5. The van der Waals surface area contributed by atoms with E-state index in [0.29, 0.717) is 5.69 Å². The first-order valence-corrected chi connectivity index (χ1v) is 3.57. The summed E-state index contributed by atoms with van der Waals surface area (Å²) in [5.41, 5.74) is 5.60. The minimum Gasteiger partial charge on any atom is -0.394 e. The number of hydrogen-bond donors (Lipinski definition) is 2. The molecule has 0 saturated heterocycles. The molecule has 0 aliphatic rings. The van der Waals surface area contributed by atoms with Crippen molar-refractivity contribution in [3.05, 3.63) is 30.1 Å². The van der Waals surface area contributed by atoms with Gasteiger partial charge in [0.2, 0.25) is 0 Å². The summed E-state index contributed by atoms with van der Waals surface area (Å²) in [6.45, 7) is -0.352. The topological polar surface area (TPSA) is 76.2 Å². The lowest BCUT2D eigenvalue weighted by Gasteiger charge is -2.04. The van der Waals surface area contributed by atoms with Crippen molar-refractivity contribution in [1.29, 1.82) is 0 Å². The third-order valence-corrected chi connectivity index (χ3v) is 1.45. The molecule has 0 unspecified atom stereocenters. The molecule has 1 atom stereocenters. The molecule has 1 heterocycles. The number of aromatic nitrogens is 1. The molecule has 4 nitrogen and oxygen atoms in total. The van der Waals surface area contributed by atoms with Crippen molar-refractivity contribution in [2.24, 2.45) is 5.73 Å². The number of ketones is 1. The number of rotatable bonds is 3. The summed E-state index contributed by atoms with van der Waals surface area (Å²) in [5, 5.41) is 8.59. The highest BCUT2D eigenvalue weighted by Gasteiger charge is 2.14. The van der Waals surface area contributed by atoms with Crippen LogP contribution in [0.2, 0.25) is 0 Å². The first kappa shape index (κ1) is 8.83. The molecule has 0 spiro atoms. The Hall–Kier alpha value is -1.26. The number of aliphatic hydroxyl groups excluding tert-OH is 1. The Morgan fingerprint density at radius 2 is 2.42 bits per heavy atom. The van der Waals surface area contributed by atoms with E-state index in [1.54, 1.807) is 18.2 Å². The lowest BCUT2D eigenvalue weighted by molar-refractivity contribution is 0.0920. The summed E-state index contributed by atoms with van der Waals surface area (Å²) < 4.78 is 0. The van der Waals surface area contributed by atoms with E-state index in [9.17, 15) is 4.79 Å². The van der Waals surface area contributed by atoms with Gasteiger partial charge >= 0.3 is 0 Å². The SMILES string of the molecule is N[C@@H](CO)C(=O)c1ccccn1. The number of hydrogen-bond acceptors (Lipinski definition) is 4. The first-order chi connectivity index (χ1) is 5.75. The van der Waals surface area contributed by atoms with Crippen LogP contribution in [0.3, 0.4) is 0 Å². The molecule has 1 aromatic rings. The lowest BCUT2D eigenvalue weighted by atomic mass is 10.1. The Bertz CT molecular complexity index is 261. The molecule has 4 heteroatoms. The highest BCUT2D eigenvalue weighted by molar-refractivity contribution is 5.98. The summed E-state index contributed by atoms with van der Waals surface area (Å²) in [5.74, 6) is -0.335. The molecule has 0 aliphatic carbocycles. The highest BCUT2D eigenvalue weighted by Crippen LogP contribution is 1.97. The van der Waals surface area contributed by atoms with Crippen molar-refractivity contribution in [1.82, 2.24) is 4.98 Å². The Balaban J connectivity index is 2.79. The molecule has 0 amide bonds. The molecule has 0 saturated carbocycles. The third-order valence-electron chi connectivity index (χ3n) is 1.45. The maximum Gasteiger partial charge on any atom is 0.200 e. The number of nitrogens with zero attached hydrogens (tertiary/aromatic N) is 1. The number of carbonyl (C=O) groups is 1. The average molecular weight is 166 g/mol. The molecule has 0 bridgehead atoms. The Morgan fingerprint density at radius 1 is 1.67 bits per heavy atom.